The molecular formula is C29H40O2. The zero-order valence-corrected chi connectivity index (χ0v) is 19.5. The van der Waals surface area contributed by atoms with E-state index in [0.717, 1.165) is 37.0 Å². The molecule has 31 heavy (non-hydrogen) atoms. The van der Waals surface area contributed by atoms with Crippen molar-refractivity contribution in [1.82, 2.24) is 0 Å². The Morgan fingerprint density at radius 3 is 2.10 bits per heavy atom. The lowest BCUT2D eigenvalue weighted by atomic mass is 9.74. The van der Waals surface area contributed by atoms with Crippen molar-refractivity contribution in [2.75, 3.05) is 6.61 Å². The molecule has 1 saturated carbocycles. The first-order chi connectivity index (χ1) is 15.2. The highest BCUT2D eigenvalue weighted by Crippen LogP contribution is 2.40. The highest BCUT2D eigenvalue weighted by Gasteiger charge is 2.25. The summed E-state index contributed by atoms with van der Waals surface area (Å²) in [5.41, 5.74) is 4.20. The Balaban J connectivity index is 1.45. The fourth-order valence-electron chi connectivity index (χ4n) is 5.50. The van der Waals surface area contributed by atoms with Gasteiger partial charge in [-0.1, -0.05) is 87.4 Å². The van der Waals surface area contributed by atoms with E-state index in [9.17, 15) is 0 Å². The molecule has 0 spiro atoms. The minimum atomic E-state index is -0.0780. The molecule has 1 saturated heterocycles. The predicted molar refractivity (Wildman–Crippen MR) is 129 cm³/mol. The van der Waals surface area contributed by atoms with Crippen molar-refractivity contribution < 1.29 is 9.47 Å². The average Bonchev–Trinajstić information content (AvgIpc) is 2.81. The molecule has 0 radical (unpaired) electrons. The maximum atomic E-state index is 6.07. The zero-order valence-electron chi connectivity index (χ0n) is 19.5. The Labute approximate surface area is 189 Å². The van der Waals surface area contributed by atoms with Gasteiger partial charge in [-0.2, -0.15) is 0 Å². The molecule has 4 rings (SSSR count). The van der Waals surface area contributed by atoms with Crippen molar-refractivity contribution >= 4 is 0 Å². The van der Waals surface area contributed by atoms with Gasteiger partial charge in [-0.25, -0.2) is 0 Å². The first-order valence-electron chi connectivity index (χ1n) is 12.7. The minimum absolute atomic E-state index is 0.0780. The van der Waals surface area contributed by atoms with Gasteiger partial charge < -0.3 is 9.47 Å². The number of aryl methyl sites for hydroxylation is 1. The van der Waals surface area contributed by atoms with Gasteiger partial charge in [-0.15, -0.1) is 0 Å². The molecule has 1 aliphatic heterocycles. The third kappa shape index (κ3) is 6.35. The third-order valence-electron chi connectivity index (χ3n) is 7.40. The lowest BCUT2D eigenvalue weighted by Gasteiger charge is -2.31. The van der Waals surface area contributed by atoms with Crippen molar-refractivity contribution in [2.24, 2.45) is 11.8 Å². The second-order valence-electron chi connectivity index (χ2n) is 9.86. The molecule has 1 aliphatic carbocycles. The van der Waals surface area contributed by atoms with Crippen LogP contribution in [0.4, 0.5) is 0 Å². The van der Waals surface area contributed by atoms with Gasteiger partial charge in [-0.3, -0.25) is 0 Å². The first-order valence-corrected chi connectivity index (χ1v) is 12.7. The van der Waals surface area contributed by atoms with E-state index in [2.05, 4.69) is 62.4 Å². The normalized spacial score (nSPS) is 25.2. The summed E-state index contributed by atoms with van der Waals surface area (Å²) in [5.74, 6) is 3.20. The Morgan fingerprint density at radius 2 is 1.48 bits per heavy atom. The summed E-state index contributed by atoms with van der Waals surface area (Å²) in [4.78, 5) is 0. The molecule has 1 heterocycles. The van der Waals surface area contributed by atoms with Crippen molar-refractivity contribution in [3.63, 3.8) is 0 Å². The standard InChI is InChI=1S/C29H40O2/c1-3-6-23-10-12-24(13-11-23)21-28(25-14-8-22(2)9-15-25)26-16-18-27(19-17-26)31-29-7-4-5-20-30-29/h8-9,14-19,23-24,28-29H,3-7,10-13,20-21H2,1-2H3. The molecule has 2 atom stereocenters. The Kier molecular flexibility index (Phi) is 8.08. The maximum Gasteiger partial charge on any atom is 0.199 e. The molecule has 0 N–H and O–H groups in total. The fraction of sp³-hybridized carbons (Fsp3) is 0.586. The molecule has 2 aromatic carbocycles. The summed E-state index contributed by atoms with van der Waals surface area (Å²) in [7, 11) is 0. The monoisotopic (exact) mass is 420 g/mol. The van der Waals surface area contributed by atoms with Crippen LogP contribution in [-0.4, -0.2) is 12.9 Å². The van der Waals surface area contributed by atoms with E-state index in [-0.39, 0.29) is 6.29 Å². The molecule has 0 aromatic heterocycles. The van der Waals surface area contributed by atoms with Crippen molar-refractivity contribution in [3.8, 4) is 5.75 Å². The number of rotatable bonds is 8. The average molecular weight is 421 g/mol. The van der Waals surface area contributed by atoms with Crippen LogP contribution < -0.4 is 4.74 Å². The summed E-state index contributed by atoms with van der Waals surface area (Å²) in [6, 6.07) is 18.1. The summed E-state index contributed by atoms with van der Waals surface area (Å²) in [5, 5.41) is 0. The van der Waals surface area contributed by atoms with Crippen LogP contribution in [0.5, 0.6) is 5.75 Å². The molecule has 2 fully saturated rings. The second kappa shape index (κ2) is 11.2. The van der Waals surface area contributed by atoms with Crippen LogP contribution in [0.25, 0.3) is 0 Å². The SMILES string of the molecule is CCCC1CCC(CC(c2ccc(C)cc2)c2ccc(OC3CCCCO3)cc2)CC1. The quantitative estimate of drug-likeness (QED) is 0.430. The number of hydrogen-bond donors (Lipinski definition) is 0. The molecule has 2 aromatic rings. The van der Waals surface area contributed by atoms with Crippen LogP contribution >= 0.6 is 0 Å². The molecule has 2 nitrogen and oxygen atoms in total. The van der Waals surface area contributed by atoms with Crippen LogP contribution in [0.1, 0.15) is 93.7 Å². The lowest BCUT2D eigenvalue weighted by molar-refractivity contribution is -0.105. The van der Waals surface area contributed by atoms with Crippen LogP contribution in [0, 0.1) is 18.8 Å². The first kappa shape index (κ1) is 22.4. The molecule has 0 bridgehead atoms. The van der Waals surface area contributed by atoms with E-state index < -0.39 is 0 Å². The van der Waals surface area contributed by atoms with Crippen LogP contribution in [-0.2, 0) is 4.74 Å². The van der Waals surface area contributed by atoms with Gasteiger partial charge in [0.25, 0.3) is 0 Å². The minimum Gasteiger partial charge on any atom is -0.465 e. The molecular weight excluding hydrogens is 380 g/mol. The predicted octanol–water partition coefficient (Wildman–Crippen LogP) is 8.03. The van der Waals surface area contributed by atoms with E-state index >= 15 is 0 Å². The fourth-order valence-corrected chi connectivity index (χ4v) is 5.50. The highest BCUT2D eigenvalue weighted by atomic mass is 16.7. The van der Waals surface area contributed by atoms with Gasteiger partial charge in [0.05, 0.1) is 6.61 Å². The Morgan fingerprint density at radius 1 is 0.839 bits per heavy atom. The van der Waals surface area contributed by atoms with Gasteiger partial charge in [0.2, 0.25) is 0 Å². The van der Waals surface area contributed by atoms with Crippen LogP contribution in [0.3, 0.4) is 0 Å². The van der Waals surface area contributed by atoms with Crippen LogP contribution in [0.2, 0.25) is 0 Å². The van der Waals surface area contributed by atoms with Gasteiger partial charge in [0.15, 0.2) is 6.29 Å². The smallest absolute Gasteiger partial charge is 0.199 e. The van der Waals surface area contributed by atoms with Crippen molar-refractivity contribution in [3.05, 3.63) is 65.2 Å². The highest BCUT2D eigenvalue weighted by molar-refractivity contribution is 5.37. The Hall–Kier alpha value is -1.80. The molecule has 2 heteroatoms. The van der Waals surface area contributed by atoms with Crippen molar-refractivity contribution in [1.29, 1.82) is 0 Å². The summed E-state index contributed by atoms with van der Waals surface area (Å²) in [6.45, 7) is 5.32. The van der Waals surface area contributed by atoms with Gasteiger partial charge >= 0.3 is 0 Å². The zero-order chi connectivity index (χ0) is 21.5. The number of hydrogen-bond acceptors (Lipinski definition) is 2. The molecule has 2 unspecified atom stereocenters. The van der Waals surface area contributed by atoms with E-state index in [1.807, 2.05) is 0 Å². The topological polar surface area (TPSA) is 18.5 Å². The molecule has 2 aliphatic rings. The third-order valence-corrected chi connectivity index (χ3v) is 7.40. The number of ether oxygens (including phenoxy) is 2. The summed E-state index contributed by atoms with van der Waals surface area (Å²) >= 11 is 0. The molecule has 0 amide bonds. The van der Waals surface area contributed by atoms with Crippen LogP contribution in [0.15, 0.2) is 48.5 Å². The maximum absolute atomic E-state index is 6.07. The molecule has 168 valence electrons. The van der Waals surface area contributed by atoms with Gasteiger partial charge in [0, 0.05) is 12.3 Å². The van der Waals surface area contributed by atoms with E-state index in [1.54, 1.807) is 0 Å². The van der Waals surface area contributed by atoms with Gasteiger partial charge in [0.1, 0.15) is 5.75 Å². The van der Waals surface area contributed by atoms with E-state index in [4.69, 9.17) is 9.47 Å². The summed E-state index contributed by atoms with van der Waals surface area (Å²) in [6.07, 6.45) is 12.9. The number of benzene rings is 2. The van der Waals surface area contributed by atoms with E-state index in [1.165, 1.54) is 68.1 Å². The van der Waals surface area contributed by atoms with Crippen molar-refractivity contribution in [2.45, 2.75) is 90.3 Å². The largest absolute Gasteiger partial charge is 0.465 e. The van der Waals surface area contributed by atoms with E-state index in [0.29, 0.717) is 5.92 Å². The lowest BCUT2D eigenvalue weighted by Crippen LogP contribution is -2.24. The second-order valence-corrected chi connectivity index (χ2v) is 9.86. The van der Waals surface area contributed by atoms with Gasteiger partial charge in [-0.05, 0) is 61.3 Å². The summed E-state index contributed by atoms with van der Waals surface area (Å²) < 4.78 is 11.8. The Bertz CT molecular complexity index is 765.